The molecule has 1 N–H and O–H groups in total. The Morgan fingerprint density at radius 1 is 1.16 bits per heavy atom. The molecular weight excluding hydrogens is 238 g/mol. The molecule has 0 bridgehead atoms. The zero-order valence-corrected chi connectivity index (χ0v) is 11.6. The maximum Gasteiger partial charge on any atom is 0.236 e. The van der Waals surface area contributed by atoms with E-state index in [2.05, 4.69) is 29.4 Å². The fourth-order valence-electron chi connectivity index (χ4n) is 2.24. The zero-order valence-electron chi connectivity index (χ0n) is 11.6. The molecule has 1 aromatic carbocycles. The molecule has 1 aliphatic heterocycles. The summed E-state index contributed by atoms with van der Waals surface area (Å²) in [6, 6.07) is 10.3. The highest BCUT2D eigenvalue weighted by atomic mass is 16.2. The molecule has 1 fully saturated rings. The number of hydrogen-bond donors (Lipinski definition) is 1. The van der Waals surface area contributed by atoms with Crippen LogP contribution in [0.1, 0.15) is 5.56 Å². The molecule has 19 heavy (non-hydrogen) atoms. The van der Waals surface area contributed by atoms with Crippen LogP contribution in [-0.2, 0) is 11.2 Å². The SMILES string of the molecule is CN1CCN(C(=O)CNCCc2ccccc2)CC1. The quantitative estimate of drug-likeness (QED) is 0.788. The van der Waals surface area contributed by atoms with E-state index in [0.29, 0.717) is 6.54 Å². The summed E-state index contributed by atoms with van der Waals surface area (Å²) in [7, 11) is 2.10. The number of nitrogens with one attached hydrogen (secondary N) is 1. The Hall–Kier alpha value is -1.39. The van der Waals surface area contributed by atoms with Crippen molar-refractivity contribution in [2.45, 2.75) is 6.42 Å². The minimum Gasteiger partial charge on any atom is -0.339 e. The van der Waals surface area contributed by atoms with Gasteiger partial charge in [-0.3, -0.25) is 4.79 Å². The van der Waals surface area contributed by atoms with Crippen molar-refractivity contribution in [2.75, 3.05) is 46.3 Å². The summed E-state index contributed by atoms with van der Waals surface area (Å²) in [5.74, 6) is 0.223. The maximum atomic E-state index is 12.0. The third kappa shape index (κ3) is 4.65. The van der Waals surface area contributed by atoms with Gasteiger partial charge in [0.2, 0.25) is 5.91 Å². The van der Waals surface area contributed by atoms with Crippen molar-refractivity contribution < 1.29 is 4.79 Å². The molecule has 104 valence electrons. The lowest BCUT2D eigenvalue weighted by atomic mass is 10.1. The number of hydrogen-bond acceptors (Lipinski definition) is 3. The second kappa shape index (κ2) is 7.26. The van der Waals surface area contributed by atoms with Gasteiger partial charge >= 0.3 is 0 Å². The molecule has 0 aliphatic carbocycles. The van der Waals surface area contributed by atoms with Crippen LogP contribution in [-0.4, -0.2) is 62.0 Å². The van der Waals surface area contributed by atoms with Crippen molar-refractivity contribution >= 4 is 5.91 Å². The Bertz CT molecular complexity index is 386. The van der Waals surface area contributed by atoms with E-state index in [4.69, 9.17) is 0 Å². The molecule has 0 aromatic heterocycles. The van der Waals surface area contributed by atoms with E-state index >= 15 is 0 Å². The van der Waals surface area contributed by atoms with Crippen LogP contribution in [0.2, 0.25) is 0 Å². The lowest BCUT2D eigenvalue weighted by Crippen LogP contribution is -2.49. The predicted molar refractivity (Wildman–Crippen MR) is 77.1 cm³/mol. The summed E-state index contributed by atoms with van der Waals surface area (Å²) in [4.78, 5) is 16.2. The number of amides is 1. The molecule has 4 nitrogen and oxygen atoms in total. The minimum atomic E-state index is 0.223. The Morgan fingerprint density at radius 3 is 2.53 bits per heavy atom. The molecule has 1 saturated heterocycles. The predicted octanol–water partition coefficient (Wildman–Crippen LogP) is 0.593. The molecule has 4 heteroatoms. The third-order valence-electron chi connectivity index (χ3n) is 3.57. The van der Waals surface area contributed by atoms with Crippen molar-refractivity contribution in [1.82, 2.24) is 15.1 Å². The van der Waals surface area contributed by atoms with Crippen LogP contribution >= 0.6 is 0 Å². The molecule has 1 aromatic rings. The molecule has 0 spiro atoms. The molecule has 0 atom stereocenters. The van der Waals surface area contributed by atoms with Gasteiger partial charge in [-0.2, -0.15) is 0 Å². The van der Waals surface area contributed by atoms with Crippen LogP contribution in [0.5, 0.6) is 0 Å². The van der Waals surface area contributed by atoms with Crippen LogP contribution in [0.3, 0.4) is 0 Å². The number of piperazine rings is 1. The summed E-state index contributed by atoms with van der Waals surface area (Å²) in [6.45, 7) is 4.98. The average Bonchev–Trinajstić information content (AvgIpc) is 2.45. The van der Waals surface area contributed by atoms with Crippen molar-refractivity contribution in [3.8, 4) is 0 Å². The molecule has 1 aliphatic rings. The first-order valence-electron chi connectivity index (χ1n) is 6.96. The van der Waals surface area contributed by atoms with Crippen LogP contribution in [0.4, 0.5) is 0 Å². The topological polar surface area (TPSA) is 35.6 Å². The molecule has 0 unspecified atom stereocenters. The van der Waals surface area contributed by atoms with E-state index in [1.54, 1.807) is 0 Å². The van der Waals surface area contributed by atoms with E-state index in [1.165, 1.54) is 5.56 Å². The summed E-state index contributed by atoms with van der Waals surface area (Å²) in [5, 5.41) is 3.24. The van der Waals surface area contributed by atoms with E-state index in [0.717, 1.165) is 39.1 Å². The number of carbonyl (C=O) groups is 1. The Balaban J connectivity index is 1.61. The third-order valence-corrected chi connectivity index (χ3v) is 3.57. The highest BCUT2D eigenvalue weighted by molar-refractivity contribution is 5.78. The largest absolute Gasteiger partial charge is 0.339 e. The van der Waals surface area contributed by atoms with Crippen molar-refractivity contribution in [1.29, 1.82) is 0 Å². The van der Waals surface area contributed by atoms with E-state index < -0.39 is 0 Å². The standard InChI is InChI=1S/C15H23N3O/c1-17-9-11-18(12-10-17)15(19)13-16-8-7-14-5-3-2-4-6-14/h2-6,16H,7-13H2,1H3. The smallest absolute Gasteiger partial charge is 0.236 e. The van der Waals surface area contributed by atoms with E-state index in [1.807, 2.05) is 23.1 Å². The van der Waals surface area contributed by atoms with Gasteiger partial charge in [0.15, 0.2) is 0 Å². The van der Waals surface area contributed by atoms with Gasteiger partial charge in [-0.1, -0.05) is 30.3 Å². The highest BCUT2D eigenvalue weighted by Crippen LogP contribution is 2.00. The van der Waals surface area contributed by atoms with Gasteiger partial charge in [0.25, 0.3) is 0 Å². The highest BCUT2D eigenvalue weighted by Gasteiger charge is 2.18. The number of nitrogens with zero attached hydrogens (tertiary/aromatic N) is 2. The van der Waals surface area contributed by atoms with Gasteiger partial charge in [-0.25, -0.2) is 0 Å². The van der Waals surface area contributed by atoms with Gasteiger partial charge < -0.3 is 15.1 Å². The molecule has 1 heterocycles. The van der Waals surface area contributed by atoms with Crippen molar-refractivity contribution in [2.24, 2.45) is 0 Å². The number of rotatable bonds is 5. The first-order valence-corrected chi connectivity index (χ1v) is 6.96. The van der Waals surface area contributed by atoms with Gasteiger partial charge in [0.1, 0.15) is 0 Å². The normalized spacial score (nSPS) is 16.6. The van der Waals surface area contributed by atoms with E-state index in [9.17, 15) is 4.79 Å². The van der Waals surface area contributed by atoms with Crippen LogP contribution < -0.4 is 5.32 Å². The Morgan fingerprint density at radius 2 is 1.84 bits per heavy atom. The second-order valence-electron chi connectivity index (χ2n) is 5.10. The average molecular weight is 261 g/mol. The number of likely N-dealkylation sites (N-methyl/N-ethyl adjacent to an activating group) is 1. The zero-order chi connectivity index (χ0) is 13.5. The lowest BCUT2D eigenvalue weighted by Gasteiger charge is -2.32. The van der Waals surface area contributed by atoms with Crippen molar-refractivity contribution in [3.63, 3.8) is 0 Å². The summed E-state index contributed by atoms with van der Waals surface area (Å²) in [6.07, 6.45) is 0.969. The first-order chi connectivity index (χ1) is 9.25. The monoisotopic (exact) mass is 261 g/mol. The maximum absolute atomic E-state index is 12.0. The van der Waals surface area contributed by atoms with Gasteiger partial charge in [0.05, 0.1) is 6.54 Å². The molecule has 0 radical (unpaired) electrons. The van der Waals surface area contributed by atoms with E-state index in [-0.39, 0.29) is 5.91 Å². The van der Waals surface area contributed by atoms with Gasteiger partial charge in [-0.15, -0.1) is 0 Å². The summed E-state index contributed by atoms with van der Waals surface area (Å²) < 4.78 is 0. The Kier molecular flexibility index (Phi) is 5.36. The van der Waals surface area contributed by atoms with Crippen molar-refractivity contribution in [3.05, 3.63) is 35.9 Å². The fraction of sp³-hybridized carbons (Fsp3) is 0.533. The molecule has 1 amide bonds. The summed E-state index contributed by atoms with van der Waals surface area (Å²) >= 11 is 0. The molecule has 2 rings (SSSR count). The van der Waals surface area contributed by atoms with Gasteiger partial charge in [-0.05, 0) is 25.6 Å². The van der Waals surface area contributed by atoms with Crippen LogP contribution in [0.25, 0.3) is 0 Å². The number of carbonyl (C=O) groups excluding carboxylic acids is 1. The number of benzene rings is 1. The summed E-state index contributed by atoms with van der Waals surface area (Å²) in [5.41, 5.74) is 1.31. The van der Waals surface area contributed by atoms with Crippen LogP contribution in [0.15, 0.2) is 30.3 Å². The van der Waals surface area contributed by atoms with Crippen LogP contribution in [0, 0.1) is 0 Å². The molecule has 0 saturated carbocycles. The second-order valence-corrected chi connectivity index (χ2v) is 5.10. The van der Waals surface area contributed by atoms with Gasteiger partial charge in [0, 0.05) is 26.2 Å². The fourth-order valence-corrected chi connectivity index (χ4v) is 2.24. The minimum absolute atomic E-state index is 0.223. The first kappa shape index (κ1) is 14.0. The lowest BCUT2D eigenvalue weighted by molar-refractivity contribution is -0.131. The molecular formula is C15H23N3O. The Labute approximate surface area is 115 Å².